The van der Waals surface area contributed by atoms with E-state index in [1.54, 1.807) is 18.3 Å². The summed E-state index contributed by atoms with van der Waals surface area (Å²) in [6.45, 7) is 9.31. The van der Waals surface area contributed by atoms with E-state index in [1.165, 1.54) is 22.3 Å². The van der Waals surface area contributed by atoms with Gasteiger partial charge in [0.1, 0.15) is 35.6 Å². The number of ether oxygens (including phenoxy) is 2. The summed E-state index contributed by atoms with van der Waals surface area (Å²) in [4.78, 5) is 62.7. The molecule has 0 radical (unpaired) electrons. The van der Waals surface area contributed by atoms with E-state index in [9.17, 15) is 27.6 Å². The number of thiophene rings is 1. The monoisotopic (exact) mass is 781 g/mol. The molecule has 5 aliphatic rings. The van der Waals surface area contributed by atoms with Gasteiger partial charge >= 0.3 is 6.09 Å². The zero-order valence-electron chi connectivity index (χ0n) is 31.2. The lowest BCUT2D eigenvalue weighted by Gasteiger charge is -2.35. The van der Waals surface area contributed by atoms with Crippen molar-refractivity contribution in [3.05, 3.63) is 48.5 Å². The lowest BCUT2D eigenvalue weighted by atomic mass is 9.85. The van der Waals surface area contributed by atoms with Gasteiger partial charge in [-0.05, 0) is 80.2 Å². The van der Waals surface area contributed by atoms with Crippen molar-refractivity contribution in [1.29, 1.82) is 0 Å². The van der Waals surface area contributed by atoms with Crippen LogP contribution in [0, 0.1) is 17.3 Å². The van der Waals surface area contributed by atoms with E-state index in [2.05, 4.69) is 26.9 Å². The highest BCUT2D eigenvalue weighted by molar-refractivity contribution is 7.91. The second-order valence-electron chi connectivity index (χ2n) is 16.9. The van der Waals surface area contributed by atoms with Crippen molar-refractivity contribution in [2.45, 2.75) is 126 Å². The predicted molar refractivity (Wildman–Crippen MR) is 203 cm³/mol. The van der Waals surface area contributed by atoms with Gasteiger partial charge in [0.2, 0.25) is 21.8 Å². The van der Waals surface area contributed by atoms with Crippen LogP contribution in [0.2, 0.25) is 0 Å². The highest BCUT2D eigenvalue weighted by Gasteiger charge is 2.64. The molecule has 5 atom stereocenters. The number of carbonyl (C=O) groups is 4. The second kappa shape index (κ2) is 14.6. The smallest absolute Gasteiger partial charge is 0.408 e. The van der Waals surface area contributed by atoms with E-state index in [-0.39, 0.29) is 25.5 Å². The van der Waals surface area contributed by atoms with Crippen LogP contribution in [0.3, 0.4) is 0 Å². The van der Waals surface area contributed by atoms with Gasteiger partial charge in [0.15, 0.2) is 0 Å². The molecule has 3 heterocycles. The van der Waals surface area contributed by atoms with Crippen LogP contribution in [-0.2, 0) is 29.1 Å². The summed E-state index contributed by atoms with van der Waals surface area (Å²) >= 11 is 1.54. The van der Waals surface area contributed by atoms with Crippen molar-refractivity contribution in [3.63, 3.8) is 0 Å². The van der Waals surface area contributed by atoms with Crippen molar-refractivity contribution in [1.82, 2.24) is 25.2 Å². The summed E-state index contributed by atoms with van der Waals surface area (Å²) in [5, 5.41) is 7.61. The van der Waals surface area contributed by atoms with Crippen LogP contribution in [-0.4, -0.2) is 83.2 Å². The van der Waals surface area contributed by atoms with Crippen molar-refractivity contribution < 1.29 is 37.1 Å². The summed E-state index contributed by atoms with van der Waals surface area (Å²) in [6, 6.07) is 5.24. The highest BCUT2D eigenvalue weighted by atomic mass is 32.2. The molecular formula is C39H51N5O8S2. The van der Waals surface area contributed by atoms with Crippen LogP contribution in [0.25, 0.3) is 10.6 Å². The molecule has 5 fully saturated rings. The molecule has 1 saturated heterocycles. The Balaban J connectivity index is 1.12. The number of hydrogen-bond acceptors (Lipinski definition) is 10. The van der Waals surface area contributed by atoms with E-state index < -0.39 is 73.6 Å². The van der Waals surface area contributed by atoms with Crippen molar-refractivity contribution >= 4 is 45.2 Å². The van der Waals surface area contributed by atoms with E-state index in [1.807, 2.05) is 38.3 Å². The number of sulfonamides is 1. The Kier molecular flexibility index (Phi) is 10.3. The molecule has 2 aromatic heterocycles. The first-order valence-corrected chi connectivity index (χ1v) is 21.4. The lowest BCUT2D eigenvalue weighted by Crippen LogP contribution is -2.60. The molecular weight excluding hydrogens is 731 g/mol. The third-order valence-electron chi connectivity index (χ3n) is 11.6. The first-order chi connectivity index (χ1) is 25.6. The summed E-state index contributed by atoms with van der Waals surface area (Å²) in [5.74, 6) is -1.56. The Morgan fingerprint density at radius 1 is 1.11 bits per heavy atom. The number of nitrogens with zero attached hydrogens (tertiary/aromatic N) is 2. The average molecular weight is 782 g/mol. The van der Waals surface area contributed by atoms with Gasteiger partial charge in [-0.2, -0.15) is 0 Å². The summed E-state index contributed by atoms with van der Waals surface area (Å²) in [5.41, 5.74) is -1.59. The molecule has 0 unspecified atom stereocenters. The molecule has 15 heteroatoms. The van der Waals surface area contributed by atoms with E-state index in [0.29, 0.717) is 30.9 Å². The Morgan fingerprint density at radius 2 is 1.85 bits per heavy atom. The van der Waals surface area contributed by atoms with Crippen molar-refractivity contribution in [2.75, 3.05) is 6.54 Å². The van der Waals surface area contributed by atoms with E-state index in [4.69, 9.17) is 9.47 Å². The van der Waals surface area contributed by atoms with Gasteiger partial charge in [-0.1, -0.05) is 45.8 Å². The molecule has 54 heavy (non-hydrogen) atoms. The van der Waals surface area contributed by atoms with Gasteiger partial charge in [0.05, 0.1) is 21.9 Å². The zero-order chi connectivity index (χ0) is 38.5. The maximum atomic E-state index is 14.6. The Hall–Kier alpha value is -3.98. The minimum Gasteiger partial charge on any atom is -0.488 e. The van der Waals surface area contributed by atoms with Crippen LogP contribution in [0.15, 0.2) is 48.5 Å². The van der Waals surface area contributed by atoms with Gasteiger partial charge in [-0.25, -0.2) is 13.2 Å². The molecule has 1 aliphatic heterocycles. The van der Waals surface area contributed by atoms with Gasteiger partial charge in [-0.3, -0.25) is 24.1 Å². The molecule has 3 N–H and O–H groups in total. The fourth-order valence-electron chi connectivity index (χ4n) is 7.96. The number of carbonyl (C=O) groups excluding carboxylic acids is 4. The SMILES string of the molecule is C=C[C@@H]1C[C@]1(NC(=O)[C@@H]1C[C@@H](Oc2ccnc(-c3cccs3)c2)CN1C(=O)[C@@H](NC(=O)OC1CCCC1)C(C)(C)C)C(=O)NS(=O)(=O)C1(CC2CC2)CC1. The highest BCUT2D eigenvalue weighted by Crippen LogP contribution is 2.53. The van der Waals surface area contributed by atoms with Crippen molar-refractivity contribution in [2.24, 2.45) is 17.3 Å². The van der Waals surface area contributed by atoms with Gasteiger partial charge < -0.3 is 25.0 Å². The molecule has 4 amide bonds. The van der Waals surface area contributed by atoms with Crippen molar-refractivity contribution in [3.8, 4) is 16.3 Å². The summed E-state index contributed by atoms with van der Waals surface area (Å²) in [6.07, 6.45) is 8.88. The number of pyridine rings is 1. The number of amides is 4. The average Bonchev–Trinajstić information content (AvgIpc) is 4.06. The topological polar surface area (TPSA) is 173 Å². The van der Waals surface area contributed by atoms with Gasteiger partial charge in [0, 0.05) is 24.6 Å². The largest absolute Gasteiger partial charge is 0.488 e. The Bertz CT molecular complexity index is 1880. The first kappa shape index (κ1) is 38.3. The number of nitrogens with one attached hydrogen (secondary N) is 3. The third kappa shape index (κ3) is 8.02. The van der Waals surface area contributed by atoms with Crippen LogP contribution < -0.4 is 20.1 Å². The van der Waals surface area contributed by atoms with Gasteiger partial charge in [-0.15, -0.1) is 17.9 Å². The number of alkyl carbamates (subject to hydrolysis) is 1. The normalized spacial score (nSPS) is 26.7. The number of rotatable bonds is 14. The quantitative estimate of drug-likeness (QED) is 0.221. The molecule has 2 aromatic rings. The zero-order valence-corrected chi connectivity index (χ0v) is 32.8. The molecule has 292 valence electrons. The number of aromatic nitrogens is 1. The molecule has 7 rings (SSSR count). The Morgan fingerprint density at radius 3 is 2.46 bits per heavy atom. The molecule has 4 aliphatic carbocycles. The minimum atomic E-state index is -3.99. The molecule has 13 nitrogen and oxygen atoms in total. The minimum absolute atomic E-state index is 0.0155. The van der Waals surface area contributed by atoms with Crippen LogP contribution in [0.1, 0.15) is 91.4 Å². The van der Waals surface area contributed by atoms with Crippen LogP contribution >= 0.6 is 11.3 Å². The van der Waals surface area contributed by atoms with Gasteiger partial charge in [0.25, 0.3) is 5.91 Å². The third-order valence-corrected chi connectivity index (χ3v) is 14.7. The molecule has 0 bridgehead atoms. The molecule has 0 aromatic carbocycles. The number of likely N-dealkylation sites (tertiary alicyclic amines) is 1. The second-order valence-corrected chi connectivity index (χ2v) is 19.9. The lowest BCUT2D eigenvalue weighted by molar-refractivity contribution is -0.143. The fraction of sp³-hybridized carbons (Fsp3) is 0.615. The number of hydrogen-bond donors (Lipinski definition) is 3. The van der Waals surface area contributed by atoms with Crippen LogP contribution in [0.4, 0.5) is 4.79 Å². The summed E-state index contributed by atoms with van der Waals surface area (Å²) in [7, 11) is -3.99. The summed E-state index contributed by atoms with van der Waals surface area (Å²) < 4.78 is 40.5. The maximum absolute atomic E-state index is 14.6. The Labute approximate surface area is 321 Å². The maximum Gasteiger partial charge on any atom is 0.408 e. The predicted octanol–water partition coefficient (Wildman–Crippen LogP) is 5.08. The molecule has 0 spiro atoms. The standard InChI is InChI=1S/C39H51N5O8S2/c1-5-25-22-39(25,35(47)43-54(49,50)38(15-16-38)21-24-12-13-24)42-33(45)30-20-28(51-27-14-17-40-29(19-27)31-11-8-18-53-31)23-44(30)34(46)32(37(2,3)4)41-36(48)52-26-9-6-7-10-26/h5,8,11,14,17-19,24-26,28,30,32H,1,6-7,9-10,12-13,15-16,20-23H2,2-4H3,(H,41,48)(H,42,45)(H,43,47)/t25-,28-,30+,32-,39-/m1/s1. The first-order valence-electron chi connectivity index (χ1n) is 19.1. The van der Waals surface area contributed by atoms with E-state index in [0.717, 1.165) is 49.1 Å². The fourth-order valence-corrected chi connectivity index (χ4v) is 10.4. The molecule has 4 saturated carbocycles. The van der Waals surface area contributed by atoms with E-state index >= 15 is 0 Å². The van der Waals surface area contributed by atoms with Crippen LogP contribution in [0.5, 0.6) is 5.75 Å².